The summed E-state index contributed by atoms with van der Waals surface area (Å²) in [5.41, 5.74) is 0. The molecule has 16 heavy (non-hydrogen) atoms. The summed E-state index contributed by atoms with van der Waals surface area (Å²) < 4.78 is 0. The van der Waals surface area contributed by atoms with E-state index < -0.39 is 5.97 Å². The number of aryl methyl sites for hydroxylation is 1. The van der Waals surface area contributed by atoms with Crippen molar-refractivity contribution >= 4 is 35.0 Å². The van der Waals surface area contributed by atoms with Gasteiger partial charge in [-0.1, -0.05) is 0 Å². The quantitative estimate of drug-likeness (QED) is 0.812. The van der Waals surface area contributed by atoms with Crippen molar-refractivity contribution in [1.82, 2.24) is 5.32 Å². The Morgan fingerprint density at radius 1 is 1.44 bits per heavy atom. The first-order chi connectivity index (χ1) is 7.58. The lowest BCUT2D eigenvalue weighted by molar-refractivity contribution is -0.133. The van der Waals surface area contributed by atoms with E-state index in [1.165, 1.54) is 4.88 Å². The van der Waals surface area contributed by atoms with Crippen LogP contribution in [0.5, 0.6) is 0 Å². The summed E-state index contributed by atoms with van der Waals surface area (Å²) in [7, 11) is 0. The number of carbonyl (C=O) groups is 2. The second kappa shape index (κ2) is 6.55. The standard InChI is InChI=1S/C10H13NO3S2/c1-7-2-3-8(16-7)4-11-9(12)5-15-6-10(13)14/h2-3H,4-6H2,1H3,(H,11,12)(H,13,14). The highest BCUT2D eigenvalue weighted by Crippen LogP contribution is 2.14. The summed E-state index contributed by atoms with van der Waals surface area (Å²) in [5.74, 6) is -0.869. The van der Waals surface area contributed by atoms with Crippen molar-refractivity contribution < 1.29 is 14.7 Å². The highest BCUT2D eigenvalue weighted by molar-refractivity contribution is 8.00. The molecule has 0 saturated carbocycles. The van der Waals surface area contributed by atoms with Crippen molar-refractivity contribution in [3.8, 4) is 0 Å². The van der Waals surface area contributed by atoms with E-state index in [2.05, 4.69) is 5.32 Å². The van der Waals surface area contributed by atoms with Gasteiger partial charge in [0.1, 0.15) is 0 Å². The van der Waals surface area contributed by atoms with E-state index in [9.17, 15) is 9.59 Å². The zero-order chi connectivity index (χ0) is 12.0. The lowest BCUT2D eigenvalue weighted by atomic mass is 10.4. The monoisotopic (exact) mass is 259 g/mol. The van der Waals surface area contributed by atoms with Crippen molar-refractivity contribution in [1.29, 1.82) is 0 Å². The largest absolute Gasteiger partial charge is 0.481 e. The molecule has 0 saturated heterocycles. The predicted octanol–water partition coefficient (Wildman–Crippen LogP) is 1.49. The molecule has 1 aromatic rings. The molecule has 0 aromatic carbocycles. The van der Waals surface area contributed by atoms with Crippen molar-refractivity contribution in [2.24, 2.45) is 0 Å². The van der Waals surface area contributed by atoms with Crippen LogP contribution >= 0.6 is 23.1 Å². The summed E-state index contributed by atoms with van der Waals surface area (Å²) in [4.78, 5) is 23.8. The smallest absolute Gasteiger partial charge is 0.313 e. The third-order valence-electron chi connectivity index (χ3n) is 1.71. The molecule has 1 amide bonds. The van der Waals surface area contributed by atoms with E-state index in [0.717, 1.165) is 16.6 Å². The van der Waals surface area contributed by atoms with Gasteiger partial charge in [0.05, 0.1) is 18.1 Å². The van der Waals surface area contributed by atoms with Gasteiger partial charge in [-0.2, -0.15) is 0 Å². The molecule has 1 rings (SSSR count). The van der Waals surface area contributed by atoms with E-state index in [4.69, 9.17) is 5.11 Å². The highest BCUT2D eigenvalue weighted by atomic mass is 32.2. The van der Waals surface area contributed by atoms with Crippen molar-refractivity contribution in [3.05, 3.63) is 21.9 Å². The molecule has 0 aliphatic rings. The molecule has 0 fully saturated rings. The summed E-state index contributed by atoms with van der Waals surface area (Å²) in [6.45, 7) is 2.53. The number of hydrogen-bond donors (Lipinski definition) is 2. The fourth-order valence-electron chi connectivity index (χ4n) is 1.05. The van der Waals surface area contributed by atoms with Crippen molar-refractivity contribution in [3.63, 3.8) is 0 Å². The molecule has 2 N–H and O–H groups in total. The number of thioether (sulfide) groups is 1. The number of thiophene rings is 1. The fraction of sp³-hybridized carbons (Fsp3) is 0.400. The Balaban J connectivity index is 2.17. The third-order valence-corrected chi connectivity index (χ3v) is 3.63. The zero-order valence-corrected chi connectivity index (χ0v) is 10.5. The lowest BCUT2D eigenvalue weighted by Crippen LogP contribution is -2.24. The molecular formula is C10H13NO3S2. The molecule has 88 valence electrons. The summed E-state index contributed by atoms with van der Waals surface area (Å²) in [6.07, 6.45) is 0. The maximum Gasteiger partial charge on any atom is 0.313 e. The Morgan fingerprint density at radius 2 is 2.19 bits per heavy atom. The summed E-state index contributed by atoms with van der Waals surface area (Å²) >= 11 is 2.74. The second-order valence-electron chi connectivity index (χ2n) is 3.18. The Morgan fingerprint density at radius 3 is 2.75 bits per heavy atom. The minimum Gasteiger partial charge on any atom is -0.481 e. The lowest BCUT2D eigenvalue weighted by Gasteiger charge is -2.02. The van der Waals surface area contributed by atoms with Crippen LogP contribution in [-0.2, 0) is 16.1 Å². The second-order valence-corrected chi connectivity index (χ2v) is 5.53. The number of nitrogens with one attached hydrogen (secondary N) is 1. The van der Waals surface area contributed by atoms with E-state index in [1.807, 2.05) is 19.1 Å². The fourth-order valence-corrected chi connectivity index (χ4v) is 2.44. The minimum atomic E-state index is -0.897. The van der Waals surface area contributed by atoms with Crippen LogP contribution < -0.4 is 5.32 Å². The Kier molecular flexibility index (Phi) is 5.34. The molecule has 1 aromatic heterocycles. The van der Waals surface area contributed by atoms with Crippen LogP contribution in [0, 0.1) is 6.92 Å². The predicted molar refractivity (Wildman–Crippen MR) is 65.9 cm³/mol. The SMILES string of the molecule is Cc1ccc(CNC(=O)CSCC(=O)O)s1. The average molecular weight is 259 g/mol. The molecule has 0 bridgehead atoms. The van der Waals surface area contributed by atoms with Gasteiger partial charge < -0.3 is 10.4 Å². The number of rotatable bonds is 6. The summed E-state index contributed by atoms with van der Waals surface area (Å²) in [6, 6.07) is 3.98. The highest BCUT2D eigenvalue weighted by Gasteiger charge is 2.04. The van der Waals surface area contributed by atoms with E-state index in [0.29, 0.717) is 6.54 Å². The van der Waals surface area contributed by atoms with Gasteiger partial charge in [0, 0.05) is 9.75 Å². The number of carboxylic acids is 1. The third kappa shape index (κ3) is 5.18. The van der Waals surface area contributed by atoms with Crippen LogP contribution in [0.2, 0.25) is 0 Å². The maximum atomic E-state index is 11.3. The maximum absolute atomic E-state index is 11.3. The Labute approximate surface area is 102 Å². The first-order valence-corrected chi connectivity index (χ1v) is 6.66. The van der Waals surface area contributed by atoms with Crippen molar-refractivity contribution in [2.45, 2.75) is 13.5 Å². The minimum absolute atomic E-state index is 0.0362. The normalized spacial score (nSPS) is 10.1. The molecule has 6 heteroatoms. The molecule has 0 aliphatic carbocycles. The molecule has 0 atom stereocenters. The van der Waals surface area contributed by atoms with Crippen molar-refractivity contribution in [2.75, 3.05) is 11.5 Å². The molecule has 0 radical (unpaired) electrons. The van der Waals surface area contributed by atoms with Gasteiger partial charge in [0.2, 0.25) is 5.91 Å². The Hall–Kier alpha value is -1.01. The molecule has 0 unspecified atom stereocenters. The van der Waals surface area contributed by atoms with Gasteiger partial charge in [0.15, 0.2) is 0 Å². The van der Waals surface area contributed by atoms with Gasteiger partial charge in [-0.15, -0.1) is 23.1 Å². The van der Waals surface area contributed by atoms with Gasteiger partial charge in [-0.25, -0.2) is 0 Å². The number of carbonyl (C=O) groups excluding carboxylic acids is 1. The van der Waals surface area contributed by atoms with Gasteiger partial charge in [-0.05, 0) is 19.1 Å². The van der Waals surface area contributed by atoms with Gasteiger partial charge in [-0.3, -0.25) is 9.59 Å². The van der Waals surface area contributed by atoms with Crippen LogP contribution in [0.3, 0.4) is 0 Å². The number of amides is 1. The van der Waals surface area contributed by atoms with Crippen LogP contribution in [-0.4, -0.2) is 28.5 Å². The number of carboxylic acid groups (broad SMARTS) is 1. The van der Waals surface area contributed by atoms with Crippen LogP contribution in [0.15, 0.2) is 12.1 Å². The van der Waals surface area contributed by atoms with Crippen LogP contribution in [0.4, 0.5) is 0 Å². The van der Waals surface area contributed by atoms with E-state index in [-0.39, 0.29) is 17.4 Å². The average Bonchev–Trinajstić information content (AvgIpc) is 2.61. The van der Waals surface area contributed by atoms with E-state index >= 15 is 0 Å². The molecule has 4 nitrogen and oxygen atoms in total. The summed E-state index contributed by atoms with van der Waals surface area (Å²) in [5, 5.41) is 11.1. The van der Waals surface area contributed by atoms with Crippen LogP contribution in [0.1, 0.15) is 9.75 Å². The molecular weight excluding hydrogens is 246 g/mol. The van der Waals surface area contributed by atoms with Crippen LogP contribution in [0.25, 0.3) is 0 Å². The first-order valence-electron chi connectivity index (χ1n) is 4.69. The van der Waals surface area contributed by atoms with Gasteiger partial charge >= 0.3 is 5.97 Å². The number of hydrogen-bond acceptors (Lipinski definition) is 4. The topological polar surface area (TPSA) is 66.4 Å². The molecule has 0 aliphatic heterocycles. The molecule has 1 heterocycles. The first kappa shape index (κ1) is 13.1. The van der Waals surface area contributed by atoms with Gasteiger partial charge in [0.25, 0.3) is 0 Å². The number of aliphatic carboxylic acids is 1. The zero-order valence-electron chi connectivity index (χ0n) is 8.86. The Bertz CT molecular complexity index is 376. The van der Waals surface area contributed by atoms with E-state index in [1.54, 1.807) is 11.3 Å². The molecule has 0 spiro atoms.